The minimum absolute atomic E-state index is 0.0148. The molecule has 0 aliphatic carbocycles. The molecule has 1 atom stereocenters. The van der Waals surface area contributed by atoms with E-state index in [-0.39, 0.29) is 32.9 Å². The van der Waals surface area contributed by atoms with E-state index in [4.69, 9.17) is 17.3 Å². The summed E-state index contributed by atoms with van der Waals surface area (Å²) in [7, 11) is 0. The predicted molar refractivity (Wildman–Crippen MR) is 126 cm³/mol. The van der Waals surface area contributed by atoms with Crippen molar-refractivity contribution in [2.24, 2.45) is 11.7 Å². The summed E-state index contributed by atoms with van der Waals surface area (Å²) in [6.45, 7) is 1.01. The Labute approximate surface area is 211 Å². The van der Waals surface area contributed by atoms with Gasteiger partial charge in [-0.2, -0.15) is 0 Å². The third-order valence-corrected chi connectivity index (χ3v) is 6.43. The minimum atomic E-state index is -5.05. The molecule has 3 aromatic rings. The number of anilines is 2. The zero-order valence-electron chi connectivity index (χ0n) is 18.3. The number of carbonyl (C=O) groups excluding carboxylic acids is 2. The van der Waals surface area contributed by atoms with E-state index < -0.39 is 29.7 Å². The van der Waals surface area contributed by atoms with Crippen LogP contribution in [0, 0.1) is 11.7 Å². The van der Waals surface area contributed by atoms with Crippen molar-refractivity contribution >= 4 is 45.7 Å². The number of carbonyl (C=O) groups is 2. The monoisotopic (exact) mass is 543 g/mol. The normalized spacial score (nSPS) is 16.0. The lowest BCUT2D eigenvalue weighted by atomic mass is 9.97. The summed E-state index contributed by atoms with van der Waals surface area (Å²) < 4.78 is 55.7. The quantitative estimate of drug-likeness (QED) is 0.430. The Morgan fingerprint density at radius 2 is 2.08 bits per heavy atom. The van der Waals surface area contributed by atoms with E-state index in [2.05, 4.69) is 20.0 Å². The van der Waals surface area contributed by atoms with Crippen molar-refractivity contribution in [2.75, 3.05) is 23.3 Å². The Morgan fingerprint density at radius 3 is 2.78 bits per heavy atom. The number of hydrogen-bond donors (Lipinski definition) is 2. The zero-order valence-corrected chi connectivity index (χ0v) is 19.9. The zero-order chi connectivity index (χ0) is 26.0. The topological polar surface area (TPSA) is 110 Å². The number of piperidine rings is 1. The van der Waals surface area contributed by atoms with Crippen LogP contribution in [0.4, 0.5) is 28.5 Å². The molecule has 3 heterocycles. The number of benzene rings is 1. The number of nitrogens with two attached hydrogens (primary N) is 1. The van der Waals surface area contributed by atoms with Gasteiger partial charge in [-0.15, -0.1) is 24.5 Å². The second-order valence-electron chi connectivity index (χ2n) is 7.87. The number of aromatic nitrogens is 2. The average Bonchev–Trinajstić information content (AvgIpc) is 3.27. The highest BCUT2D eigenvalue weighted by atomic mass is 35.5. The summed E-state index contributed by atoms with van der Waals surface area (Å²) in [4.78, 5) is 34.4. The molecule has 0 spiro atoms. The number of ether oxygens (including phenoxy) is 1. The summed E-state index contributed by atoms with van der Waals surface area (Å²) in [5.41, 5.74) is 5.32. The first-order chi connectivity index (χ1) is 17.0. The van der Waals surface area contributed by atoms with E-state index in [1.54, 1.807) is 0 Å². The van der Waals surface area contributed by atoms with Crippen molar-refractivity contribution in [2.45, 2.75) is 19.2 Å². The van der Waals surface area contributed by atoms with Gasteiger partial charge in [0.2, 0.25) is 5.91 Å². The van der Waals surface area contributed by atoms with Crippen LogP contribution in [0.3, 0.4) is 0 Å². The van der Waals surface area contributed by atoms with Crippen LogP contribution < -0.4 is 20.7 Å². The van der Waals surface area contributed by atoms with Crippen LogP contribution >= 0.6 is 22.9 Å². The van der Waals surface area contributed by atoms with Crippen molar-refractivity contribution in [1.82, 2.24) is 9.97 Å². The predicted octanol–water partition coefficient (Wildman–Crippen LogP) is 4.85. The van der Waals surface area contributed by atoms with Crippen LogP contribution in [0.1, 0.15) is 23.2 Å². The van der Waals surface area contributed by atoms with Crippen molar-refractivity contribution in [3.8, 4) is 17.0 Å². The number of alkyl halides is 3. The number of pyridine rings is 1. The molecule has 4 rings (SSSR count). The molecule has 0 saturated carbocycles. The fourth-order valence-corrected chi connectivity index (χ4v) is 4.72. The highest BCUT2D eigenvalue weighted by molar-refractivity contribution is 7.14. The first-order valence-corrected chi connectivity index (χ1v) is 11.8. The third kappa shape index (κ3) is 5.85. The number of thiazole rings is 1. The maximum Gasteiger partial charge on any atom is 0.573 e. The molecule has 1 unspecified atom stereocenters. The summed E-state index contributed by atoms with van der Waals surface area (Å²) >= 11 is 7.30. The number of rotatable bonds is 6. The smallest absolute Gasteiger partial charge is 0.403 e. The van der Waals surface area contributed by atoms with Gasteiger partial charge in [0.25, 0.3) is 5.91 Å². The highest BCUT2D eigenvalue weighted by Crippen LogP contribution is 2.34. The second-order valence-corrected chi connectivity index (χ2v) is 9.14. The van der Waals surface area contributed by atoms with E-state index >= 15 is 0 Å². The molecule has 8 nitrogen and oxygen atoms in total. The van der Waals surface area contributed by atoms with E-state index in [9.17, 15) is 27.2 Å². The first-order valence-electron chi connectivity index (χ1n) is 10.5. The third-order valence-electron chi connectivity index (χ3n) is 5.40. The van der Waals surface area contributed by atoms with E-state index in [1.165, 1.54) is 29.8 Å². The van der Waals surface area contributed by atoms with Crippen LogP contribution in [-0.2, 0) is 4.79 Å². The molecular weight excluding hydrogens is 526 g/mol. The van der Waals surface area contributed by atoms with Gasteiger partial charge >= 0.3 is 6.36 Å². The summed E-state index contributed by atoms with van der Waals surface area (Å²) in [6, 6.07) is 4.70. The van der Waals surface area contributed by atoms with Gasteiger partial charge in [0, 0.05) is 30.2 Å². The van der Waals surface area contributed by atoms with Gasteiger partial charge in [-0.1, -0.05) is 17.7 Å². The minimum Gasteiger partial charge on any atom is -0.403 e. The van der Waals surface area contributed by atoms with Crippen molar-refractivity contribution in [3.05, 3.63) is 52.2 Å². The van der Waals surface area contributed by atoms with Gasteiger partial charge in [0.1, 0.15) is 5.82 Å². The van der Waals surface area contributed by atoms with E-state index in [0.717, 1.165) is 23.8 Å². The van der Waals surface area contributed by atoms with Crippen molar-refractivity contribution in [3.63, 3.8) is 0 Å². The van der Waals surface area contributed by atoms with Gasteiger partial charge in [0.15, 0.2) is 16.7 Å². The number of nitrogens with one attached hydrogen (secondary N) is 1. The van der Waals surface area contributed by atoms with Gasteiger partial charge in [0.05, 0.1) is 22.2 Å². The molecule has 14 heteroatoms. The Morgan fingerprint density at radius 1 is 1.31 bits per heavy atom. The molecule has 190 valence electrons. The largest absolute Gasteiger partial charge is 0.573 e. The molecule has 1 saturated heterocycles. The summed E-state index contributed by atoms with van der Waals surface area (Å²) in [6.07, 6.45) is -2.31. The van der Waals surface area contributed by atoms with Crippen LogP contribution in [-0.4, -0.2) is 41.2 Å². The maximum atomic E-state index is 14.5. The van der Waals surface area contributed by atoms with Crippen molar-refractivity contribution < 1.29 is 31.9 Å². The van der Waals surface area contributed by atoms with Gasteiger partial charge in [-0.05, 0) is 31.0 Å². The molecule has 1 fully saturated rings. The van der Waals surface area contributed by atoms with E-state index in [0.29, 0.717) is 25.3 Å². The lowest BCUT2D eigenvalue weighted by Gasteiger charge is -2.32. The average molecular weight is 544 g/mol. The molecule has 3 N–H and O–H groups in total. The lowest BCUT2D eigenvalue weighted by molar-refractivity contribution is -0.275. The molecule has 0 radical (unpaired) electrons. The van der Waals surface area contributed by atoms with Gasteiger partial charge in [-0.25, -0.2) is 14.4 Å². The molecule has 1 aliphatic heterocycles. The number of amides is 2. The number of nitrogens with zero attached hydrogens (tertiary/aromatic N) is 3. The lowest BCUT2D eigenvalue weighted by Crippen LogP contribution is -2.41. The Bertz CT molecular complexity index is 1300. The molecule has 1 aromatic carbocycles. The fraction of sp³-hybridized carbons (Fsp3) is 0.273. The fourth-order valence-electron chi connectivity index (χ4n) is 3.73. The molecule has 0 bridgehead atoms. The van der Waals surface area contributed by atoms with Crippen molar-refractivity contribution in [1.29, 1.82) is 0 Å². The molecule has 2 amide bonds. The van der Waals surface area contributed by atoms with Crippen LogP contribution in [0.25, 0.3) is 11.3 Å². The first kappa shape index (κ1) is 25.6. The molecule has 2 aromatic heterocycles. The van der Waals surface area contributed by atoms with Crippen LogP contribution in [0.15, 0.2) is 35.8 Å². The molecule has 1 aliphatic rings. The van der Waals surface area contributed by atoms with E-state index in [1.807, 2.05) is 4.90 Å². The Balaban J connectivity index is 1.47. The Hall–Kier alpha value is -3.45. The van der Waals surface area contributed by atoms with Crippen LogP contribution in [0.2, 0.25) is 5.02 Å². The second kappa shape index (κ2) is 10.3. The van der Waals surface area contributed by atoms with Gasteiger partial charge < -0.3 is 15.4 Å². The summed E-state index contributed by atoms with van der Waals surface area (Å²) in [5, 5.41) is 4.20. The standard InChI is InChI=1S/C22H18ClF4N5O3S/c23-14-7-12(8-29-19(14)32-6-2-3-11(9-32)18(28)33)20(34)31-21-30-15(10-36-21)13-4-1-5-16(17(13)24)35-22(25,26)27/h1,4-5,7-8,10-11H,2-3,6,9H2,(H2,28,33)(H,30,31,34). The SMILES string of the molecule is NC(=O)C1CCCN(c2ncc(C(=O)Nc3nc(-c4cccc(OC(F)(F)F)c4F)cs3)cc2Cl)C1. The number of hydrogen-bond acceptors (Lipinski definition) is 7. The Kier molecular flexibility index (Phi) is 7.31. The van der Waals surface area contributed by atoms with Gasteiger partial charge in [-0.3, -0.25) is 14.9 Å². The summed E-state index contributed by atoms with van der Waals surface area (Å²) in [5.74, 6) is -3.11. The number of halogens is 5. The molecular formula is C22H18ClF4N5O3S. The highest BCUT2D eigenvalue weighted by Gasteiger charge is 2.33. The number of primary amides is 1. The molecule has 36 heavy (non-hydrogen) atoms. The van der Waals surface area contributed by atoms with Crippen LogP contribution in [0.5, 0.6) is 5.75 Å². The maximum absolute atomic E-state index is 14.5.